The van der Waals surface area contributed by atoms with Gasteiger partial charge in [-0.25, -0.2) is 4.98 Å². The van der Waals surface area contributed by atoms with Gasteiger partial charge in [-0.1, -0.05) is 48.2 Å². The molecule has 0 radical (unpaired) electrons. The molecule has 1 aliphatic rings. The largest absolute Gasteiger partial charge is 0.354 e. The summed E-state index contributed by atoms with van der Waals surface area (Å²) in [6.07, 6.45) is 1.82. The van der Waals surface area contributed by atoms with Gasteiger partial charge < -0.3 is 10.2 Å². The third-order valence-corrected chi connectivity index (χ3v) is 5.93. The number of aromatic nitrogens is 1. The highest BCUT2D eigenvalue weighted by molar-refractivity contribution is 7.99. The second-order valence-electron chi connectivity index (χ2n) is 6.91. The number of amides is 1. The van der Waals surface area contributed by atoms with Gasteiger partial charge in [0.05, 0.1) is 12.2 Å². The summed E-state index contributed by atoms with van der Waals surface area (Å²) in [4.78, 5) is 23.7. The van der Waals surface area contributed by atoms with E-state index in [4.69, 9.17) is 0 Å². The topological polar surface area (TPSA) is 48.5 Å². The molecule has 1 N–H and O–H groups in total. The molecule has 4 rings (SSSR count). The number of hydrogen-bond donors (Lipinski definition) is 1. The first kappa shape index (κ1) is 19.5. The van der Waals surface area contributed by atoms with Crippen LogP contribution >= 0.6 is 11.8 Å². The fraction of sp³-hybridized carbons (Fsp3) is 0.217. The molecule has 0 saturated carbocycles. The number of benzene rings is 2. The zero-order chi connectivity index (χ0) is 19.9. The highest BCUT2D eigenvalue weighted by atomic mass is 32.2. The number of piperazine rings is 1. The lowest BCUT2D eigenvalue weighted by atomic mass is 10.3. The maximum absolute atomic E-state index is 12.6. The van der Waals surface area contributed by atoms with Gasteiger partial charge >= 0.3 is 0 Å². The molecule has 0 atom stereocenters. The Balaban J connectivity index is 1.31. The van der Waals surface area contributed by atoms with Crippen molar-refractivity contribution < 1.29 is 4.79 Å². The van der Waals surface area contributed by atoms with Crippen molar-refractivity contribution in [3.63, 3.8) is 0 Å². The third-order valence-electron chi connectivity index (χ3n) is 4.84. The molecular formula is C23H24N4OS. The normalized spacial score (nSPS) is 14.6. The molecule has 29 heavy (non-hydrogen) atoms. The van der Waals surface area contributed by atoms with E-state index in [-0.39, 0.29) is 5.91 Å². The molecule has 0 aliphatic carbocycles. The fourth-order valence-corrected chi connectivity index (χ4v) is 4.27. The van der Waals surface area contributed by atoms with Crippen LogP contribution in [0.15, 0.2) is 88.8 Å². The highest BCUT2D eigenvalue weighted by Gasteiger charge is 2.20. The molecule has 5 nitrogen and oxygen atoms in total. The van der Waals surface area contributed by atoms with Gasteiger partial charge in [0.1, 0.15) is 5.82 Å². The summed E-state index contributed by atoms with van der Waals surface area (Å²) in [5.74, 6) is 1.03. The zero-order valence-corrected chi connectivity index (χ0v) is 17.0. The molecule has 0 spiro atoms. The lowest BCUT2D eigenvalue weighted by Crippen LogP contribution is -2.48. The molecule has 0 unspecified atom stereocenters. The highest BCUT2D eigenvalue weighted by Crippen LogP contribution is 2.33. The van der Waals surface area contributed by atoms with Gasteiger partial charge in [-0.05, 0) is 36.4 Å². The minimum absolute atomic E-state index is 0.0254. The standard InChI is InChI=1S/C23H24N4OS/c28-23(18-26-14-16-27(17-15-26)22-12-6-7-13-24-22)25-20-10-4-5-11-21(20)29-19-8-2-1-3-9-19/h1-13H,14-18H2,(H,25,28). The summed E-state index contributed by atoms with van der Waals surface area (Å²) < 4.78 is 0. The second kappa shape index (κ2) is 9.58. The van der Waals surface area contributed by atoms with Gasteiger partial charge in [0.25, 0.3) is 0 Å². The Bertz CT molecular complexity index is 928. The van der Waals surface area contributed by atoms with Crippen molar-refractivity contribution in [1.82, 2.24) is 9.88 Å². The predicted molar refractivity (Wildman–Crippen MR) is 119 cm³/mol. The number of nitrogens with zero attached hydrogens (tertiary/aromatic N) is 3. The van der Waals surface area contributed by atoms with Gasteiger partial charge in [0.2, 0.25) is 5.91 Å². The molecule has 1 aromatic heterocycles. The summed E-state index contributed by atoms with van der Waals surface area (Å²) in [6, 6.07) is 24.1. The van der Waals surface area contributed by atoms with E-state index in [9.17, 15) is 4.79 Å². The molecule has 2 heterocycles. The minimum Gasteiger partial charge on any atom is -0.354 e. The first-order valence-electron chi connectivity index (χ1n) is 9.78. The molecule has 2 aromatic carbocycles. The lowest BCUT2D eigenvalue weighted by molar-refractivity contribution is -0.117. The zero-order valence-electron chi connectivity index (χ0n) is 16.2. The molecular weight excluding hydrogens is 380 g/mol. The van der Waals surface area contributed by atoms with Gasteiger partial charge in [0, 0.05) is 42.2 Å². The van der Waals surface area contributed by atoms with Crippen molar-refractivity contribution in [2.24, 2.45) is 0 Å². The first-order chi connectivity index (χ1) is 14.3. The van der Waals surface area contributed by atoms with Crippen LogP contribution in [0.2, 0.25) is 0 Å². The predicted octanol–water partition coefficient (Wildman–Crippen LogP) is 3.99. The van der Waals surface area contributed by atoms with E-state index in [0.29, 0.717) is 6.54 Å². The molecule has 1 aliphatic heterocycles. The van der Waals surface area contributed by atoms with Crippen LogP contribution in [0.5, 0.6) is 0 Å². The number of hydrogen-bond acceptors (Lipinski definition) is 5. The van der Waals surface area contributed by atoms with E-state index >= 15 is 0 Å². The number of rotatable bonds is 6. The Morgan fingerprint density at radius 3 is 2.38 bits per heavy atom. The maximum Gasteiger partial charge on any atom is 0.238 e. The average molecular weight is 405 g/mol. The monoisotopic (exact) mass is 404 g/mol. The molecule has 1 saturated heterocycles. The summed E-state index contributed by atoms with van der Waals surface area (Å²) >= 11 is 1.66. The lowest BCUT2D eigenvalue weighted by Gasteiger charge is -2.35. The quantitative estimate of drug-likeness (QED) is 0.673. The first-order valence-corrected chi connectivity index (χ1v) is 10.6. The Kier molecular flexibility index (Phi) is 6.44. The Morgan fingerprint density at radius 2 is 1.62 bits per heavy atom. The van der Waals surface area contributed by atoms with Crippen LogP contribution in [0.3, 0.4) is 0 Å². The summed E-state index contributed by atoms with van der Waals surface area (Å²) in [7, 11) is 0. The molecule has 1 fully saturated rings. The van der Waals surface area contributed by atoms with E-state index in [2.05, 4.69) is 32.2 Å². The van der Waals surface area contributed by atoms with Crippen LogP contribution in [-0.2, 0) is 4.79 Å². The average Bonchev–Trinajstić information content (AvgIpc) is 2.77. The minimum atomic E-state index is 0.0254. The Hall–Kier alpha value is -2.83. The van der Waals surface area contributed by atoms with Crippen LogP contribution in [0, 0.1) is 0 Å². The smallest absolute Gasteiger partial charge is 0.238 e. The SMILES string of the molecule is O=C(CN1CCN(c2ccccn2)CC1)Nc1ccccc1Sc1ccccc1. The van der Waals surface area contributed by atoms with E-state index < -0.39 is 0 Å². The van der Waals surface area contributed by atoms with Crippen LogP contribution in [0.1, 0.15) is 0 Å². The van der Waals surface area contributed by atoms with Crippen molar-refractivity contribution in [2.45, 2.75) is 9.79 Å². The van der Waals surface area contributed by atoms with Crippen molar-refractivity contribution >= 4 is 29.2 Å². The Labute approximate surface area is 175 Å². The Morgan fingerprint density at radius 1 is 0.897 bits per heavy atom. The van der Waals surface area contributed by atoms with Crippen LogP contribution in [0.25, 0.3) is 0 Å². The second-order valence-corrected chi connectivity index (χ2v) is 8.03. The van der Waals surface area contributed by atoms with Crippen LogP contribution in [0.4, 0.5) is 11.5 Å². The van der Waals surface area contributed by atoms with Crippen molar-refractivity contribution in [3.05, 3.63) is 79.0 Å². The van der Waals surface area contributed by atoms with Gasteiger partial charge in [-0.15, -0.1) is 0 Å². The number of nitrogens with one attached hydrogen (secondary N) is 1. The van der Waals surface area contributed by atoms with E-state index in [1.165, 1.54) is 0 Å². The summed E-state index contributed by atoms with van der Waals surface area (Å²) in [6.45, 7) is 3.87. The van der Waals surface area contributed by atoms with Gasteiger partial charge in [0.15, 0.2) is 0 Å². The van der Waals surface area contributed by atoms with Gasteiger partial charge in [-0.3, -0.25) is 9.69 Å². The number of pyridine rings is 1. The van der Waals surface area contributed by atoms with Crippen LogP contribution < -0.4 is 10.2 Å². The van der Waals surface area contributed by atoms with Crippen molar-refractivity contribution in [3.8, 4) is 0 Å². The molecule has 3 aromatic rings. The maximum atomic E-state index is 12.6. The molecule has 148 valence electrons. The molecule has 0 bridgehead atoms. The van der Waals surface area contributed by atoms with E-state index in [0.717, 1.165) is 47.5 Å². The summed E-state index contributed by atoms with van der Waals surface area (Å²) in [5, 5.41) is 3.09. The van der Waals surface area contributed by atoms with Crippen molar-refractivity contribution in [1.29, 1.82) is 0 Å². The number of carbonyl (C=O) groups excluding carboxylic acids is 1. The fourth-order valence-electron chi connectivity index (χ4n) is 3.34. The molecule has 6 heteroatoms. The van der Waals surface area contributed by atoms with E-state index in [1.807, 2.05) is 66.9 Å². The van der Waals surface area contributed by atoms with Crippen molar-refractivity contribution in [2.75, 3.05) is 42.9 Å². The number of carbonyl (C=O) groups is 1. The van der Waals surface area contributed by atoms with E-state index in [1.54, 1.807) is 11.8 Å². The number of para-hydroxylation sites is 1. The van der Waals surface area contributed by atoms with Gasteiger partial charge in [-0.2, -0.15) is 0 Å². The summed E-state index contributed by atoms with van der Waals surface area (Å²) in [5.41, 5.74) is 0.860. The number of anilines is 2. The molecule has 1 amide bonds. The third kappa shape index (κ3) is 5.37. The van der Waals surface area contributed by atoms with Crippen LogP contribution in [-0.4, -0.2) is 48.5 Å².